The van der Waals surface area contributed by atoms with Gasteiger partial charge in [0.25, 0.3) is 0 Å². The Morgan fingerprint density at radius 2 is 1.83 bits per heavy atom. The van der Waals surface area contributed by atoms with Gasteiger partial charge in [-0.1, -0.05) is 48.5 Å². The van der Waals surface area contributed by atoms with Crippen LogP contribution in [-0.4, -0.2) is 42.1 Å². The minimum Gasteiger partial charge on any atom is -0.378 e. The van der Waals surface area contributed by atoms with Gasteiger partial charge in [-0.2, -0.15) is 4.98 Å². The fraction of sp³-hybridized carbons (Fsp3) is 0.261. The Labute approximate surface area is 170 Å². The molecular weight excluding hydrogens is 364 g/mol. The molecule has 1 N–H and O–H groups in total. The molecule has 2 heterocycles. The number of hydrogen-bond donors (Lipinski definition) is 1. The van der Waals surface area contributed by atoms with Gasteiger partial charge >= 0.3 is 0 Å². The molecule has 4 rings (SSSR count). The van der Waals surface area contributed by atoms with Crippen LogP contribution in [0.1, 0.15) is 22.8 Å². The van der Waals surface area contributed by atoms with Crippen LogP contribution >= 0.6 is 0 Å². The lowest BCUT2D eigenvalue weighted by atomic mass is 10.1. The summed E-state index contributed by atoms with van der Waals surface area (Å²) in [7, 11) is 0. The van der Waals surface area contributed by atoms with Gasteiger partial charge in [0.2, 0.25) is 5.95 Å². The molecule has 0 radical (unpaired) electrons. The number of carbonyl (C=O) groups is 1. The van der Waals surface area contributed by atoms with Gasteiger partial charge in [-0.05, 0) is 18.6 Å². The number of benzene rings is 2. The molecule has 2 aromatic carbocycles. The first-order chi connectivity index (χ1) is 14.2. The molecule has 3 aromatic rings. The van der Waals surface area contributed by atoms with Crippen LogP contribution in [0.5, 0.6) is 0 Å². The zero-order valence-corrected chi connectivity index (χ0v) is 16.5. The third kappa shape index (κ3) is 4.78. The van der Waals surface area contributed by atoms with E-state index in [4.69, 9.17) is 14.7 Å². The van der Waals surface area contributed by atoms with Crippen LogP contribution in [-0.2, 0) is 11.3 Å². The van der Waals surface area contributed by atoms with Crippen molar-refractivity contribution in [2.45, 2.75) is 13.5 Å². The summed E-state index contributed by atoms with van der Waals surface area (Å²) in [5.41, 5.74) is 3.53. The summed E-state index contributed by atoms with van der Waals surface area (Å²) in [6.07, 6.45) is 0. The van der Waals surface area contributed by atoms with Gasteiger partial charge < -0.3 is 15.0 Å². The molecule has 1 aliphatic rings. The highest BCUT2D eigenvalue weighted by molar-refractivity contribution is 5.95. The van der Waals surface area contributed by atoms with E-state index in [1.807, 2.05) is 48.5 Å². The normalized spacial score (nSPS) is 13.9. The zero-order valence-electron chi connectivity index (χ0n) is 16.5. The minimum absolute atomic E-state index is 0.0386. The van der Waals surface area contributed by atoms with Crippen molar-refractivity contribution in [3.8, 4) is 11.3 Å². The number of ether oxygens (including phenoxy) is 1. The van der Waals surface area contributed by atoms with E-state index in [9.17, 15) is 4.79 Å². The van der Waals surface area contributed by atoms with Crippen LogP contribution < -0.4 is 10.2 Å². The van der Waals surface area contributed by atoms with Crippen LogP contribution in [0.25, 0.3) is 11.3 Å². The standard InChI is InChI=1S/C23H24N4O2/c1-17(28)19-8-5-9-20(14-19)21-15-22(27-10-12-29-13-11-27)26-23(25-21)24-16-18-6-3-2-4-7-18/h2-9,14-15H,10-13,16H2,1H3,(H,24,25,26). The third-order valence-corrected chi connectivity index (χ3v) is 4.91. The zero-order chi connectivity index (χ0) is 20.1. The summed E-state index contributed by atoms with van der Waals surface area (Å²) in [5.74, 6) is 1.47. The number of ketones is 1. The van der Waals surface area contributed by atoms with Crippen LogP contribution in [0.2, 0.25) is 0 Å². The first kappa shape index (κ1) is 19.1. The van der Waals surface area contributed by atoms with Crippen molar-refractivity contribution >= 4 is 17.5 Å². The summed E-state index contributed by atoms with van der Waals surface area (Å²) in [6.45, 7) is 5.17. The lowest BCUT2D eigenvalue weighted by Crippen LogP contribution is -2.36. The Hall–Kier alpha value is -3.25. The smallest absolute Gasteiger partial charge is 0.225 e. The molecule has 0 spiro atoms. The van der Waals surface area contributed by atoms with E-state index >= 15 is 0 Å². The molecule has 6 heteroatoms. The second-order valence-corrected chi connectivity index (χ2v) is 7.01. The molecule has 6 nitrogen and oxygen atoms in total. The van der Waals surface area contributed by atoms with Gasteiger partial charge in [-0.25, -0.2) is 4.98 Å². The number of hydrogen-bond acceptors (Lipinski definition) is 6. The molecule has 0 unspecified atom stereocenters. The molecular formula is C23H24N4O2. The lowest BCUT2D eigenvalue weighted by Gasteiger charge is -2.28. The van der Waals surface area contributed by atoms with E-state index in [2.05, 4.69) is 22.3 Å². The van der Waals surface area contributed by atoms with Gasteiger partial charge in [0.15, 0.2) is 5.78 Å². The van der Waals surface area contributed by atoms with E-state index in [1.54, 1.807) is 6.92 Å². The SMILES string of the molecule is CC(=O)c1cccc(-c2cc(N3CCOCC3)nc(NCc3ccccc3)n2)c1. The van der Waals surface area contributed by atoms with Crippen LogP contribution in [0.15, 0.2) is 60.7 Å². The highest BCUT2D eigenvalue weighted by atomic mass is 16.5. The van der Waals surface area contributed by atoms with Gasteiger partial charge in [0.05, 0.1) is 18.9 Å². The quantitative estimate of drug-likeness (QED) is 0.648. The first-order valence-corrected chi connectivity index (χ1v) is 9.80. The summed E-state index contributed by atoms with van der Waals surface area (Å²) >= 11 is 0. The summed E-state index contributed by atoms with van der Waals surface area (Å²) < 4.78 is 5.48. The van der Waals surface area contributed by atoms with Crippen molar-refractivity contribution in [3.05, 3.63) is 71.8 Å². The van der Waals surface area contributed by atoms with E-state index in [-0.39, 0.29) is 5.78 Å². The molecule has 148 valence electrons. The molecule has 29 heavy (non-hydrogen) atoms. The molecule has 1 fully saturated rings. The third-order valence-electron chi connectivity index (χ3n) is 4.91. The summed E-state index contributed by atoms with van der Waals surface area (Å²) in [6, 6.07) is 19.7. The maximum Gasteiger partial charge on any atom is 0.225 e. The minimum atomic E-state index is 0.0386. The van der Waals surface area contributed by atoms with Crippen LogP contribution in [0.4, 0.5) is 11.8 Å². The average Bonchev–Trinajstić information content (AvgIpc) is 2.79. The van der Waals surface area contributed by atoms with Crippen molar-refractivity contribution in [2.24, 2.45) is 0 Å². The van der Waals surface area contributed by atoms with E-state index < -0.39 is 0 Å². The number of Topliss-reactive ketones (excluding diaryl/α,β-unsaturated/α-hetero) is 1. The molecule has 1 aromatic heterocycles. The topological polar surface area (TPSA) is 67.4 Å². The molecule has 0 atom stereocenters. The maximum absolute atomic E-state index is 11.8. The number of carbonyl (C=O) groups excluding carboxylic acids is 1. The van der Waals surface area contributed by atoms with Crippen LogP contribution in [0, 0.1) is 0 Å². The largest absolute Gasteiger partial charge is 0.378 e. The predicted octanol–water partition coefficient (Wildman–Crippen LogP) is 3.79. The highest BCUT2D eigenvalue weighted by Gasteiger charge is 2.16. The van der Waals surface area contributed by atoms with Gasteiger partial charge in [-0.15, -0.1) is 0 Å². The predicted molar refractivity (Wildman–Crippen MR) is 114 cm³/mol. The van der Waals surface area contributed by atoms with E-state index in [1.165, 1.54) is 0 Å². The van der Waals surface area contributed by atoms with E-state index in [0.29, 0.717) is 31.3 Å². The number of nitrogens with one attached hydrogen (secondary N) is 1. The van der Waals surface area contributed by atoms with Gasteiger partial charge in [0.1, 0.15) is 5.82 Å². The molecule has 0 amide bonds. The van der Waals surface area contributed by atoms with Crippen molar-refractivity contribution in [1.29, 1.82) is 0 Å². The number of anilines is 2. The van der Waals surface area contributed by atoms with Crippen molar-refractivity contribution in [1.82, 2.24) is 9.97 Å². The van der Waals surface area contributed by atoms with E-state index in [0.717, 1.165) is 35.7 Å². The molecule has 0 aliphatic carbocycles. The number of aromatic nitrogens is 2. The Morgan fingerprint density at radius 3 is 2.59 bits per heavy atom. The van der Waals surface area contributed by atoms with Gasteiger partial charge in [-0.3, -0.25) is 4.79 Å². The first-order valence-electron chi connectivity index (χ1n) is 9.80. The average molecular weight is 388 g/mol. The Kier molecular flexibility index (Phi) is 5.81. The molecule has 0 bridgehead atoms. The Morgan fingerprint density at radius 1 is 1.03 bits per heavy atom. The highest BCUT2D eigenvalue weighted by Crippen LogP contribution is 2.25. The van der Waals surface area contributed by atoms with Crippen molar-refractivity contribution < 1.29 is 9.53 Å². The molecule has 1 aliphatic heterocycles. The second-order valence-electron chi connectivity index (χ2n) is 7.01. The van der Waals surface area contributed by atoms with Crippen LogP contribution in [0.3, 0.4) is 0 Å². The maximum atomic E-state index is 11.8. The summed E-state index contributed by atoms with van der Waals surface area (Å²) in [5, 5.41) is 3.34. The van der Waals surface area contributed by atoms with Gasteiger partial charge in [0, 0.05) is 36.8 Å². The molecule has 0 saturated carbocycles. The Bertz CT molecular complexity index is 985. The Balaban J connectivity index is 1.67. The van der Waals surface area contributed by atoms with Crippen molar-refractivity contribution in [2.75, 3.05) is 36.5 Å². The lowest BCUT2D eigenvalue weighted by molar-refractivity contribution is 0.101. The number of morpholine rings is 1. The fourth-order valence-electron chi connectivity index (χ4n) is 3.29. The fourth-order valence-corrected chi connectivity index (χ4v) is 3.29. The monoisotopic (exact) mass is 388 g/mol. The second kappa shape index (κ2) is 8.84. The van der Waals surface area contributed by atoms with Crippen molar-refractivity contribution in [3.63, 3.8) is 0 Å². The number of nitrogens with zero attached hydrogens (tertiary/aromatic N) is 3. The number of rotatable bonds is 6. The molecule has 1 saturated heterocycles. The summed E-state index contributed by atoms with van der Waals surface area (Å²) in [4.78, 5) is 23.5.